The van der Waals surface area contributed by atoms with Crippen LogP contribution in [0.15, 0.2) is 11.6 Å². The van der Waals surface area contributed by atoms with Crippen molar-refractivity contribution >= 4 is 0 Å². The lowest BCUT2D eigenvalue weighted by atomic mass is 9.46. The van der Waals surface area contributed by atoms with Crippen LogP contribution in [0.5, 0.6) is 0 Å². The smallest absolute Gasteiger partial charge is 0.187 e. The summed E-state index contributed by atoms with van der Waals surface area (Å²) < 4.78 is 38.4. The van der Waals surface area contributed by atoms with E-state index in [1.54, 1.807) is 13.8 Å². The van der Waals surface area contributed by atoms with Gasteiger partial charge in [0.05, 0.1) is 37.1 Å². The molecular weight excluding hydrogens is 660 g/mol. The second-order valence-electron chi connectivity index (χ2n) is 18.3. The molecule has 290 valence electrons. The number of aliphatic hydroxyl groups is 6. The Hall–Kier alpha value is -0.740. The van der Waals surface area contributed by atoms with E-state index in [1.165, 1.54) is 5.57 Å². The predicted octanol–water partition coefficient (Wildman–Crippen LogP) is 2.39. The monoisotopic (exact) mass is 722 g/mol. The van der Waals surface area contributed by atoms with E-state index in [-0.39, 0.29) is 11.5 Å². The van der Waals surface area contributed by atoms with Crippen molar-refractivity contribution < 1.29 is 59.1 Å². The molecule has 0 unspecified atom stereocenters. The van der Waals surface area contributed by atoms with Gasteiger partial charge in [-0.1, -0.05) is 39.3 Å². The molecule has 12 nitrogen and oxygen atoms in total. The summed E-state index contributed by atoms with van der Waals surface area (Å²) in [4.78, 5) is 0. The van der Waals surface area contributed by atoms with Gasteiger partial charge in [0.15, 0.2) is 18.4 Å². The van der Waals surface area contributed by atoms with Crippen molar-refractivity contribution in [2.45, 2.75) is 178 Å². The molecule has 6 N–H and O–H groups in total. The zero-order chi connectivity index (χ0) is 36.4. The molecule has 4 aliphatic heterocycles. The van der Waals surface area contributed by atoms with Gasteiger partial charge in [-0.2, -0.15) is 0 Å². The number of allylic oxidation sites excluding steroid dienone is 1. The molecule has 8 rings (SSSR count). The third-order valence-electron chi connectivity index (χ3n) is 15.6. The lowest BCUT2D eigenvalue weighted by Gasteiger charge is -2.60. The van der Waals surface area contributed by atoms with Gasteiger partial charge in [0.2, 0.25) is 0 Å². The van der Waals surface area contributed by atoms with Crippen molar-refractivity contribution in [1.82, 2.24) is 0 Å². The van der Waals surface area contributed by atoms with Crippen molar-refractivity contribution in [2.75, 3.05) is 6.61 Å². The fourth-order valence-electron chi connectivity index (χ4n) is 12.6. The SMILES string of the molecule is C[C@@H]1CC[C@@]2(OC1)O[C@H]1C[C@H]3[C@@H]4CC=C5C[C@@H](O)C[C@@H](O[C@H]6O[C@H](C)[C@H](O)[C@H](O)[C@H]6O[C@@H]6O[C@@H](C)[C@H](O)[C@@H](O)[C@H]6O)[C@]5(C)[C@H]4CC[C@]3(C)[C@H]1[C@@H]2C. The molecule has 0 bridgehead atoms. The number of fused-ring (bicyclic) bond motifs is 7. The van der Waals surface area contributed by atoms with Crippen LogP contribution in [0.4, 0.5) is 0 Å². The van der Waals surface area contributed by atoms with Crippen LogP contribution in [0.25, 0.3) is 0 Å². The van der Waals surface area contributed by atoms with Crippen LogP contribution in [0.1, 0.15) is 92.9 Å². The number of ether oxygens (including phenoxy) is 6. The molecule has 1 spiro atoms. The molecule has 0 aromatic rings. The molecule has 7 fully saturated rings. The zero-order valence-corrected chi connectivity index (χ0v) is 31.0. The second kappa shape index (κ2) is 13.2. The fourth-order valence-corrected chi connectivity index (χ4v) is 12.6. The third kappa shape index (κ3) is 5.67. The first-order valence-electron chi connectivity index (χ1n) is 19.8. The van der Waals surface area contributed by atoms with Crippen molar-refractivity contribution in [3.8, 4) is 0 Å². The molecule has 51 heavy (non-hydrogen) atoms. The van der Waals surface area contributed by atoms with Gasteiger partial charge in [-0.25, -0.2) is 0 Å². The molecule has 3 saturated carbocycles. The van der Waals surface area contributed by atoms with Gasteiger partial charge in [0.25, 0.3) is 0 Å². The first-order chi connectivity index (χ1) is 24.1. The highest BCUT2D eigenvalue weighted by Gasteiger charge is 2.69. The van der Waals surface area contributed by atoms with E-state index in [1.807, 2.05) is 0 Å². The van der Waals surface area contributed by atoms with Crippen LogP contribution >= 0.6 is 0 Å². The number of rotatable bonds is 4. The van der Waals surface area contributed by atoms with E-state index in [0.29, 0.717) is 48.3 Å². The predicted molar refractivity (Wildman–Crippen MR) is 182 cm³/mol. The average Bonchev–Trinajstić information content (AvgIpc) is 3.54. The third-order valence-corrected chi connectivity index (χ3v) is 15.6. The number of hydrogen-bond acceptors (Lipinski definition) is 12. The Balaban J connectivity index is 1.05. The lowest BCUT2D eigenvalue weighted by molar-refractivity contribution is -0.371. The summed E-state index contributed by atoms with van der Waals surface area (Å²) in [5, 5.41) is 64.8. The summed E-state index contributed by atoms with van der Waals surface area (Å²) in [6.45, 7) is 13.4. The Morgan fingerprint density at radius 2 is 1.47 bits per heavy atom. The van der Waals surface area contributed by atoms with Crippen LogP contribution in [-0.4, -0.2) is 123 Å². The molecule has 0 aromatic heterocycles. The van der Waals surface area contributed by atoms with Gasteiger partial charge in [0.1, 0.15) is 36.6 Å². The Morgan fingerprint density at radius 1 is 0.765 bits per heavy atom. The van der Waals surface area contributed by atoms with Gasteiger partial charge >= 0.3 is 0 Å². The fraction of sp³-hybridized carbons (Fsp3) is 0.949. The number of aliphatic hydroxyl groups excluding tert-OH is 6. The topological polar surface area (TPSA) is 177 Å². The first kappa shape index (κ1) is 37.2. The molecule has 0 aromatic carbocycles. The summed E-state index contributed by atoms with van der Waals surface area (Å²) >= 11 is 0. The Kier molecular flexibility index (Phi) is 9.62. The van der Waals surface area contributed by atoms with Crippen molar-refractivity contribution in [3.63, 3.8) is 0 Å². The highest BCUT2D eigenvalue weighted by atomic mass is 16.8. The molecule has 4 heterocycles. The highest BCUT2D eigenvalue weighted by molar-refractivity contribution is 5.29. The van der Waals surface area contributed by atoms with Crippen LogP contribution < -0.4 is 0 Å². The minimum absolute atomic E-state index is 0.130. The summed E-state index contributed by atoms with van der Waals surface area (Å²) in [6, 6.07) is 0. The molecule has 22 atom stereocenters. The van der Waals surface area contributed by atoms with Crippen LogP contribution in [0, 0.1) is 46.3 Å². The lowest BCUT2D eigenvalue weighted by Crippen LogP contribution is -2.64. The summed E-state index contributed by atoms with van der Waals surface area (Å²) in [6.07, 6.45) is -4.22. The van der Waals surface area contributed by atoms with E-state index >= 15 is 0 Å². The van der Waals surface area contributed by atoms with Crippen molar-refractivity contribution in [3.05, 3.63) is 11.6 Å². The Bertz CT molecular complexity index is 1320. The maximum Gasteiger partial charge on any atom is 0.187 e. The maximum absolute atomic E-state index is 11.3. The first-order valence-corrected chi connectivity index (χ1v) is 19.8. The second-order valence-corrected chi connectivity index (χ2v) is 18.3. The van der Waals surface area contributed by atoms with Crippen molar-refractivity contribution in [1.29, 1.82) is 0 Å². The van der Waals surface area contributed by atoms with E-state index < -0.39 is 84.8 Å². The van der Waals surface area contributed by atoms with E-state index in [9.17, 15) is 30.6 Å². The summed E-state index contributed by atoms with van der Waals surface area (Å²) in [5.74, 6) is 2.06. The molecule has 4 aliphatic carbocycles. The molecule has 12 heteroatoms. The summed E-state index contributed by atoms with van der Waals surface area (Å²) in [7, 11) is 0. The van der Waals surface area contributed by atoms with Gasteiger partial charge in [0, 0.05) is 24.2 Å². The van der Waals surface area contributed by atoms with E-state index in [0.717, 1.165) is 45.1 Å². The molecule has 0 radical (unpaired) electrons. The van der Waals surface area contributed by atoms with E-state index in [2.05, 4.69) is 33.8 Å². The van der Waals surface area contributed by atoms with Crippen LogP contribution in [0.3, 0.4) is 0 Å². The zero-order valence-electron chi connectivity index (χ0n) is 31.0. The average molecular weight is 723 g/mol. The van der Waals surface area contributed by atoms with E-state index in [4.69, 9.17) is 28.4 Å². The van der Waals surface area contributed by atoms with Crippen LogP contribution in [-0.2, 0) is 28.4 Å². The summed E-state index contributed by atoms with van der Waals surface area (Å²) in [5.41, 5.74) is 0.900. The Morgan fingerprint density at radius 3 is 2.18 bits per heavy atom. The molecule has 0 amide bonds. The molecular formula is C39H62O12. The van der Waals surface area contributed by atoms with Crippen molar-refractivity contribution in [2.24, 2.45) is 46.3 Å². The Labute approximate surface area is 301 Å². The highest BCUT2D eigenvalue weighted by Crippen LogP contribution is 2.71. The minimum Gasteiger partial charge on any atom is -0.393 e. The van der Waals surface area contributed by atoms with Gasteiger partial charge < -0.3 is 59.1 Å². The number of hydrogen-bond donors (Lipinski definition) is 6. The minimum atomic E-state index is -1.61. The van der Waals surface area contributed by atoms with Gasteiger partial charge in [-0.15, -0.1) is 0 Å². The van der Waals surface area contributed by atoms with Crippen LogP contribution in [0.2, 0.25) is 0 Å². The maximum atomic E-state index is 11.3. The van der Waals surface area contributed by atoms with Gasteiger partial charge in [-0.3, -0.25) is 0 Å². The largest absolute Gasteiger partial charge is 0.393 e. The molecule has 8 aliphatic rings. The molecule has 4 saturated heterocycles. The van der Waals surface area contributed by atoms with Gasteiger partial charge in [-0.05, 0) is 87.4 Å². The standard InChI is InChI=1S/C39H62O12/c1-17-9-12-39(46-16-17)18(2)28-26(51-39)15-25-23-8-7-21-13-22(40)14-27(38(21,6)24(23)10-11-37(25,28)5)49-36-34(32(44)30(42)20(4)48-36)50-35-33(45)31(43)29(41)19(3)47-35/h7,17-20,22-36,40-45H,8-16H2,1-6H3/t17-,18+,19+,20-,22-,23-,24+,25+,26+,27-,28+,29+,30+,31-,32+,33-,34-,35+,36-,37+,38+,39-/m1/s1. The normalized spacial score (nSPS) is 59.8. The quantitative estimate of drug-likeness (QED) is 0.234.